The van der Waals surface area contributed by atoms with Crippen LogP contribution in [0.2, 0.25) is 0 Å². The molecule has 1 saturated heterocycles. The summed E-state index contributed by atoms with van der Waals surface area (Å²) in [6.07, 6.45) is 50.6. The van der Waals surface area contributed by atoms with Crippen molar-refractivity contribution in [1.82, 2.24) is 4.90 Å². The van der Waals surface area contributed by atoms with E-state index in [1.807, 2.05) is 0 Å². The van der Waals surface area contributed by atoms with Crippen molar-refractivity contribution in [2.75, 3.05) is 20.2 Å². The van der Waals surface area contributed by atoms with Crippen LogP contribution in [0.15, 0.2) is 0 Å². The first kappa shape index (κ1) is 50.9. The molecule has 1 heterocycles. The van der Waals surface area contributed by atoms with E-state index in [0.29, 0.717) is 6.04 Å². The molecule has 1 atom stereocenters. The topological polar surface area (TPSA) is 21.7 Å². The maximum absolute atomic E-state index is 6.81. The van der Waals surface area contributed by atoms with Gasteiger partial charge in [0.1, 0.15) is 0 Å². The Hall–Kier alpha value is -0.120. The van der Waals surface area contributed by atoms with Crippen molar-refractivity contribution in [2.24, 2.45) is 11.8 Å². The number of ether oxygens (including phenoxy) is 2. The summed E-state index contributed by atoms with van der Waals surface area (Å²) in [7, 11) is 2.23. The molecule has 0 saturated carbocycles. The SMILES string of the molecule is CCCCCC(CCCCC)CCCCCCCCCCC1(CCCCCCCCCCC(CCCCC)CCCCC)OCC(CN(C)C(C)C)O1. The molecule has 0 amide bonds. The van der Waals surface area contributed by atoms with Gasteiger partial charge in [-0.2, -0.15) is 0 Å². The molecular weight excluding hydrogens is 647 g/mol. The molecule has 0 spiro atoms. The standard InChI is InChI=1S/C50H101NO2/c1-8-12-28-36-47(37-29-13-9-2)40-32-24-20-16-18-22-26-34-42-50(52-45-49(53-50)44-51(7)46(5)6)43-35-27-23-19-17-21-25-33-41-48(38-30-14-10-3)39-31-15-11-4/h46-49H,8-45H2,1-7H3. The van der Waals surface area contributed by atoms with E-state index in [0.717, 1.165) is 37.8 Å². The monoisotopic (exact) mass is 748 g/mol. The molecule has 1 unspecified atom stereocenters. The van der Waals surface area contributed by atoms with Gasteiger partial charge in [-0.1, -0.05) is 233 Å². The lowest BCUT2D eigenvalue weighted by molar-refractivity contribution is -0.180. The van der Waals surface area contributed by atoms with Crippen LogP contribution in [0.3, 0.4) is 0 Å². The van der Waals surface area contributed by atoms with E-state index in [-0.39, 0.29) is 11.9 Å². The summed E-state index contributed by atoms with van der Waals surface area (Å²) in [6.45, 7) is 15.7. The molecule has 0 bridgehead atoms. The number of hydrogen-bond acceptors (Lipinski definition) is 3. The molecule has 318 valence electrons. The van der Waals surface area contributed by atoms with Crippen LogP contribution in [0, 0.1) is 11.8 Å². The smallest absolute Gasteiger partial charge is 0.168 e. The number of nitrogens with zero attached hydrogens (tertiary/aromatic N) is 1. The van der Waals surface area contributed by atoms with Crippen molar-refractivity contribution in [3.05, 3.63) is 0 Å². The van der Waals surface area contributed by atoms with E-state index in [1.54, 1.807) is 0 Å². The Kier molecular flexibility index (Phi) is 34.8. The van der Waals surface area contributed by atoms with Gasteiger partial charge in [-0.25, -0.2) is 0 Å². The summed E-state index contributed by atoms with van der Waals surface area (Å²) >= 11 is 0. The first-order chi connectivity index (χ1) is 25.9. The predicted molar refractivity (Wildman–Crippen MR) is 237 cm³/mol. The Morgan fingerprint density at radius 2 is 0.755 bits per heavy atom. The Morgan fingerprint density at radius 3 is 1.08 bits per heavy atom. The first-order valence-electron chi connectivity index (χ1n) is 24.9. The Labute approximate surface area is 336 Å². The normalized spacial score (nSPS) is 16.0. The molecule has 0 radical (unpaired) electrons. The highest BCUT2D eigenvalue weighted by Crippen LogP contribution is 2.35. The number of hydrogen-bond donors (Lipinski definition) is 0. The van der Waals surface area contributed by atoms with Crippen molar-refractivity contribution in [2.45, 2.75) is 291 Å². The van der Waals surface area contributed by atoms with Crippen molar-refractivity contribution in [3.8, 4) is 0 Å². The molecule has 3 heteroatoms. The van der Waals surface area contributed by atoms with Gasteiger partial charge in [0.2, 0.25) is 0 Å². The zero-order valence-electron chi connectivity index (χ0n) is 37.9. The lowest BCUT2D eigenvalue weighted by atomic mass is 9.90. The molecule has 0 aliphatic carbocycles. The molecule has 3 nitrogen and oxygen atoms in total. The van der Waals surface area contributed by atoms with Crippen LogP contribution >= 0.6 is 0 Å². The van der Waals surface area contributed by atoms with Crippen LogP contribution in [0.4, 0.5) is 0 Å². The van der Waals surface area contributed by atoms with E-state index in [1.165, 1.54) is 218 Å². The summed E-state index contributed by atoms with van der Waals surface area (Å²) in [5.41, 5.74) is 0. The molecule has 53 heavy (non-hydrogen) atoms. The van der Waals surface area contributed by atoms with Crippen LogP contribution in [-0.4, -0.2) is 43.0 Å². The van der Waals surface area contributed by atoms with Gasteiger partial charge >= 0.3 is 0 Å². The highest BCUT2D eigenvalue weighted by Gasteiger charge is 2.40. The third kappa shape index (κ3) is 28.9. The van der Waals surface area contributed by atoms with Crippen molar-refractivity contribution in [3.63, 3.8) is 0 Å². The van der Waals surface area contributed by atoms with Gasteiger partial charge in [0.05, 0.1) is 12.7 Å². The first-order valence-corrected chi connectivity index (χ1v) is 24.9. The minimum atomic E-state index is -0.321. The van der Waals surface area contributed by atoms with E-state index >= 15 is 0 Å². The summed E-state index contributed by atoms with van der Waals surface area (Å²) in [6, 6.07) is 0.546. The minimum Gasteiger partial charge on any atom is -0.347 e. The molecule has 1 fully saturated rings. The van der Waals surface area contributed by atoms with Gasteiger partial charge in [0.25, 0.3) is 0 Å². The van der Waals surface area contributed by atoms with E-state index in [2.05, 4.69) is 53.5 Å². The van der Waals surface area contributed by atoms with Crippen LogP contribution in [0.1, 0.15) is 273 Å². The maximum atomic E-state index is 6.81. The Balaban J connectivity index is 2.29. The van der Waals surface area contributed by atoms with Crippen molar-refractivity contribution >= 4 is 0 Å². The number of unbranched alkanes of at least 4 members (excludes halogenated alkanes) is 22. The summed E-state index contributed by atoms with van der Waals surface area (Å²) in [5, 5.41) is 0. The van der Waals surface area contributed by atoms with E-state index in [4.69, 9.17) is 9.47 Å². The maximum Gasteiger partial charge on any atom is 0.168 e. The van der Waals surface area contributed by atoms with Crippen LogP contribution < -0.4 is 0 Å². The van der Waals surface area contributed by atoms with E-state index in [9.17, 15) is 0 Å². The van der Waals surface area contributed by atoms with Crippen molar-refractivity contribution in [1.29, 1.82) is 0 Å². The average Bonchev–Trinajstić information content (AvgIpc) is 3.54. The quantitative estimate of drug-likeness (QED) is 0.0581. The average molecular weight is 748 g/mol. The fourth-order valence-corrected chi connectivity index (χ4v) is 9.00. The van der Waals surface area contributed by atoms with Gasteiger partial charge in [-0.15, -0.1) is 0 Å². The molecule has 0 aromatic rings. The minimum absolute atomic E-state index is 0.221. The van der Waals surface area contributed by atoms with Crippen LogP contribution in [-0.2, 0) is 9.47 Å². The summed E-state index contributed by atoms with van der Waals surface area (Å²) in [5.74, 6) is 1.69. The van der Waals surface area contributed by atoms with Gasteiger partial charge < -0.3 is 14.4 Å². The second-order valence-electron chi connectivity index (χ2n) is 18.4. The third-order valence-electron chi connectivity index (χ3n) is 13.0. The highest BCUT2D eigenvalue weighted by molar-refractivity contribution is 4.81. The van der Waals surface area contributed by atoms with Crippen molar-refractivity contribution < 1.29 is 9.47 Å². The second-order valence-corrected chi connectivity index (χ2v) is 18.4. The Bertz CT molecular complexity index is 675. The van der Waals surface area contributed by atoms with Gasteiger partial charge in [0, 0.05) is 25.4 Å². The van der Waals surface area contributed by atoms with Crippen LogP contribution in [0.25, 0.3) is 0 Å². The summed E-state index contributed by atoms with van der Waals surface area (Å²) < 4.78 is 13.4. The molecule has 0 N–H and O–H groups in total. The van der Waals surface area contributed by atoms with Gasteiger partial charge in [-0.3, -0.25) is 0 Å². The fraction of sp³-hybridized carbons (Fsp3) is 1.00. The predicted octanol–water partition coefficient (Wildman–Crippen LogP) is 16.8. The number of rotatable bonds is 41. The summed E-state index contributed by atoms with van der Waals surface area (Å²) in [4.78, 5) is 2.42. The zero-order valence-corrected chi connectivity index (χ0v) is 37.9. The number of likely N-dealkylation sites (N-methyl/N-ethyl adjacent to an activating group) is 1. The molecule has 1 rings (SSSR count). The molecule has 0 aromatic carbocycles. The molecule has 1 aliphatic rings. The molecule has 1 aliphatic heterocycles. The second kappa shape index (κ2) is 36.2. The highest BCUT2D eigenvalue weighted by atomic mass is 16.7. The Morgan fingerprint density at radius 1 is 0.453 bits per heavy atom. The van der Waals surface area contributed by atoms with Gasteiger partial charge in [-0.05, 0) is 45.6 Å². The molecular formula is C50H101NO2. The fourth-order valence-electron chi connectivity index (χ4n) is 9.00. The van der Waals surface area contributed by atoms with E-state index < -0.39 is 0 Å². The molecule has 0 aromatic heterocycles. The third-order valence-corrected chi connectivity index (χ3v) is 13.0. The van der Waals surface area contributed by atoms with Crippen LogP contribution in [0.5, 0.6) is 0 Å². The largest absolute Gasteiger partial charge is 0.347 e. The van der Waals surface area contributed by atoms with Gasteiger partial charge in [0.15, 0.2) is 5.79 Å². The lowest BCUT2D eigenvalue weighted by Crippen LogP contribution is -2.37. The lowest BCUT2D eigenvalue weighted by Gasteiger charge is -2.30. The zero-order chi connectivity index (χ0) is 38.7.